The molecular formula is C49H32N2O. The van der Waals surface area contributed by atoms with Gasteiger partial charge in [0.1, 0.15) is 11.2 Å². The Labute approximate surface area is 300 Å². The summed E-state index contributed by atoms with van der Waals surface area (Å²) in [5.41, 5.74) is 14.3. The lowest BCUT2D eigenvalue weighted by atomic mass is 9.80. The molecule has 244 valence electrons. The first-order chi connectivity index (χ1) is 25.5. The van der Waals surface area contributed by atoms with Gasteiger partial charge in [0.2, 0.25) is 0 Å². The molecule has 0 saturated heterocycles. The van der Waals surface area contributed by atoms with Gasteiger partial charge in [0.25, 0.3) is 0 Å². The van der Waals surface area contributed by atoms with Gasteiger partial charge in [0, 0.05) is 49.8 Å². The summed E-state index contributed by atoms with van der Waals surface area (Å²) in [7, 11) is 0. The van der Waals surface area contributed by atoms with Crippen molar-refractivity contribution in [2.24, 2.45) is 0 Å². The highest BCUT2D eigenvalue weighted by atomic mass is 16.3. The summed E-state index contributed by atoms with van der Waals surface area (Å²) in [5.74, 6) is 0. The first-order valence-corrected chi connectivity index (χ1v) is 17.9. The van der Waals surface area contributed by atoms with Crippen molar-refractivity contribution in [1.82, 2.24) is 9.97 Å². The second kappa shape index (κ2) is 10.7. The number of pyridine rings is 2. The van der Waals surface area contributed by atoms with Crippen LogP contribution in [0.3, 0.4) is 0 Å². The summed E-state index contributed by atoms with van der Waals surface area (Å²) in [6.07, 6.45) is 1.98. The third-order valence-corrected chi connectivity index (χ3v) is 11.3. The third kappa shape index (κ3) is 4.08. The molecule has 0 amide bonds. The molecule has 0 unspecified atom stereocenters. The van der Waals surface area contributed by atoms with Crippen molar-refractivity contribution in [3.05, 3.63) is 169 Å². The molecule has 7 aromatic carbocycles. The lowest BCUT2D eigenvalue weighted by Gasteiger charge is -2.22. The number of nitrogens with zero attached hydrogens (tertiary/aromatic N) is 2. The molecule has 1 aliphatic carbocycles. The van der Waals surface area contributed by atoms with Crippen molar-refractivity contribution in [1.29, 1.82) is 0 Å². The zero-order valence-electron chi connectivity index (χ0n) is 28.8. The lowest BCUT2D eigenvalue weighted by molar-refractivity contribution is 0.653. The Balaban J connectivity index is 1.13. The van der Waals surface area contributed by atoms with Crippen molar-refractivity contribution < 1.29 is 4.42 Å². The van der Waals surface area contributed by atoms with Crippen LogP contribution in [0, 0.1) is 0 Å². The van der Waals surface area contributed by atoms with Crippen LogP contribution in [0.1, 0.15) is 25.0 Å². The first kappa shape index (κ1) is 29.2. The van der Waals surface area contributed by atoms with E-state index >= 15 is 0 Å². The normalized spacial score (nSPS) is 13.3. The van der Waals surface area contributed by atoms with Crippen molar-refractivity contribution >= 4 is 54.4 Å². The molecule has 11 rings (SSSR count). The van der Waals surface area contributed by atoms with E-state index in [2.05, 4.69) is 159 Å². The minimum absolute atomic E-state index is 0.169. The van der Waals surface area contributed by atoms with Gasteiger partial charge in [-0.1, -0.05) is 141 Å². The summed E-state index contributed by atoms with van der Waals surface area (Å²) in [5, 5.41) is 7.94. The summed E-state index contributed by atoms with van der Waals surface area (Å²) in [6, 6.07) is 54.2. The van der Waals surface area contributed by atoms with E-state index in [-0.39, 0.29) is 5.41 Å². The number of hydrogen-bond donors (Lipinski definition) is 0. The molecule has 10 aromatic rings. The van der Waals surface area contributed by atoms with E-state index in [0.29, 0.717) is 0 Å². The largest absolute Gasteiger partial charge is 0.455 e. The van der Waals surface area contributed by atoms with Crippen molar-refractivity contribution in [2.45, 2.75) is 19.3 Å². The lowest BCUT2D eigenvalue weighted by Crippen LogP contribution is -2.15. The standard InChI is InChI=1S/C49H32N2O/c1-49(2)40-20-8-6-14-36(40)46-41(49)27-38(45-37-15-7-9-21-44(37)52-48(45)46)34-18-10-17-33-32(34)16-11-19-35(33)42-25-24-30-22-23-31-26-43(29-12-4-3-5-13-29)50-28-39(31)47(30)51-42/h3-28H,1-2H3. The molecule has 52 heavy (non-hydrogen) atoms. The maximum atomic E-state index is 6.81. The highest BCUT2D eigenvalue weighted by Crippen LogP contribution is 2.55. The predicted molar refractivity (Wildman–Crippen MR) is 216 cm³/mol. The minimum atomic E-state index is -0.169. The fourth-order valence-corrected chi connectivity index (χ4v) is 8.76. The fourth-order valence-electron chi connectivity index (χ4n) is 8.76. The van der Waals surface area contributed by atoms with Crippen LogP contribution in [0.25, 0.3) is 99.2 Å². The summed E-state index contributed by atoms with van der Waals surface area (Å²) >= 11 is 0. The molecule has 0 spiro atoms. The Morgan fingerprint density at radius 1 is 0.500 bits per heavy atom. The van der Waals surface area contributed by atoms with Gasteiger partial charge in [0.05, 0.1) is 16.9 Å². The Morgan fingerprint density at radius 3 is 2.08 bits per heavy atom. The second-order valence-corrected chi connectivity index (χ2v) is 14.5. The van der Waals surface area contributed by atoms with Crippen molar-refractivity contribution in [3.63, 3.8) is 0 Å². The highest BCUT2D eigenvalue weighted by molar-refractivity contribution is 6.20. The van der Waals surface area contributed by atoms with Crippen LogP contribution in [0.5, 0.6) is 0 Å². The number of furan rings is 1. The van der Waals surface area contributed by atoms with Gasteiger partial charge in [-0.3, -0.25) is 4.98 Å². The molecule has 0 atom stereocenters. The van der Waals surface area contributed by atoms with Crippen LogP contribution in [-0.4, -0.2) is 9.97 Å². The number of fused-ring (bicyclic) bond motifs is 11. The van der Waals surface area contributed by atoms with Gasteiger partial charge in [-0.25, -0.2) is 4.98 Å². The SMILES string of the molecule is CC1(C)c2ccccc2-c2c1cc(-c1cccc3c(-c4ccc5ccc6cc(-c7ccccc7)ncc6c5n4)cccc13)c1c2oc2ccccc21. The fraction of sp³-hybridized carbons (Fsp3) is 0.0612. The number of benzene rings is 7. The van der Waals surface area contributed by atoms with Gasteiger partial charge < -0.3 is 4.42 Å². The maximum Gasteiger partial charge on any atom is 0.144 e. The molecule has 0 saturated carbocycles. The third-order valence-electron chi connectivity index (χ3n) is 11.3. The molecule has 1 aliphatic rings. The van der Waals surface area contributed by atoms with E-state index in [1.54, 1.807) is 0 Å². The van der Waals surface area contributed by atoms with Gasteiger partial charge in [-0.15, -0.1) is 0 Å². The van der Waals surface area contributed by atoms with E-state index in [0.717, 1.165) is 66.1 Å². The highest BCUT2D eigenvalue weighted by Gasteiger charge is 2.38. The monoisotopic (exact) mass is 664 g/mol. The molecule has 3 heteroatoms. The second-order valence-electron chi connectivity index (χ2n) is 14.5. The Morgan fingerprint density at radius 2 is 1.19 bits per heavy atom. The van der Waals surface area contributed by atoms with Crippen LogP contribution < -0.4 is 0 Å². The van der Waals surface area contributed by atoms with Crippen molar-refractivity contribution in [3.8, 4) is 44.8 Å². The average molecular weight is 665 g/mol. The summed E-state index contributed by atoms with van der Waals surface area (Å²) in [6.45, 7) is 4.68. The first-order valence-electron chi connectivity index (χ1n) is 17.9. The topological polar surface area (TPSA) is 38.9 Å². The molecule has 3 aromatic heterocycles. The summed E-state index contributed by atoms with van der Waals surface area (Å²) < 4.78 is 6.81. The summed E-state index contributed by atoms with van der Waals surface area (Å²) in [4.78, 5) is 10.2. The number of rotatable bonds is 3. The Hall–Kier alpha value is -6.58. The van der Waals surface area contributed by atoms with Gasteiger partial charge in [-0.05, 0) is 68.2 Å². The van der Waals surface area contributed by atoms with Crippen molar-refractivity contribution in [2.75, 3.05) is 0 Å². The maximum absolute atomic E-state index is 6.81. The van der Waals surface area contributed by atoms with E-state index < -0.39 is 0 Å². The average Bonchev–Trinajstić information content (AvgIpc) is 3.69. The minimum Gasteiger partial charge on any atom is -0.455 e. The molecule has 0 radical (unpaired) electrons. The smallest absolute Gasteiger partial charge is 0.144 e. The predicted octanol–water partition coefficient (Wildman–Crippen LogP) is 13.1. The van der Waals surface area contributed by atoms with Gasteiger partial charge in [0.15, 0.2) is 0 Å². The quantitative estimate of drug-likeness (QED) is 0.176. The Bertz CT molecular complexity index is 3100. The molecular weight excluding hydrogens is 633 g/mol. The van der Waals surface area contributed by atoms with Gasteiger partial charge >= 0.3 is 0 Å². The van der Waals surface area contributed by atoms with E-state index in [9.17, 15) is 0 Å². The number of aromatic nitrogens is 2. The van der Waals surface area contributed by atoms with Crippen LogP contribution in [0.2, 0.25) is 0 Å². The van der Waals surface area contributed by atoms with Crippen LogP contribution in [0.4, 0.5) is 0 Å². The number of hydrogen-bond acceptors (Lipinski definition) is 3. The molecule has 3 nitrogen and oxygen atoms in total. The van der Waals surface area contributed by atoms with Gasteiger partial charge in [-0.2, -0.15) is 0 Å². The van der Waals surface area contributed by atoms with Crippen LogP contribution in [-0.2, 0) is 5.41 Å². The molecule has 0 fully saturated rings. The van der Waals surface area contributed by atoms with E-state index in [1.807, 2.05) is 12.3 Å². The molecule has 0 bridgehead atoms. The molecule has 0 aliphatic heterocycles. The molecule has 3 heterocycles. The number of para-hydroxylation sites is 1. The van der Waals surface area contributed by atoms with Crippen LogP contribution in [0.15, 0.2) is 162 Å². The van der Waals surface area contributed by atoms with E-state index in [4.69, 9.17) is 14.4 Å². The zero-order valence-corrected chi connectivity index (χ0v) is 28.8. The van der Waals surface area contributed by atoms with Crippen LogP contribution >= 0.6 is 0 Å². The zero-order chi connectivity index (χ0) is 34.6. The molecule has 0 N–H and O–H groups in total. The Kier molecular flexibility index (Phi) is 6.01. The van der Waals surface area contributed by atoms with E-state index in [1.165, 1.54) is 44.2 Å².